The van der Waals surface area contributed by atoms with Gasteiger partial charge in [-0.15, -0.1) is 0 Å². The van der Waals surface area contributed by atoms with Crippen molar-refractivity contribution in [3.8, 4) is 22.7 Å². The molecular formula is C16H13N3O4. The van der Waals surface area contributed by atoms with Crippen molar-refractivity contribution in [2.24, 2.45) is 0 Å². The quantitative estimate of drug-likeness (QED) is 0.592. The van der Waals surface area contributed by atoms with Crippen molar-refractivity contribution in [1.82, 2.24) is 9.78 Å². The largest absolute Gasteiger partial charge is 0.490 e. The van der Waals surface area contributed by atoms with E-state index in [2.05, 4.69) is 5.10 Å². The van der Waals surface area contributed by atoms with Gasteiger partial charge in [-0.05, 0) is 24.3 Å². The van der Waals surface area contributed by atoms with Crippen molar-refractivity contribution in [2.75, 3.05) is 7.11 Å². The SMILES string of the molecule is COc1cccc(-c2cc(=O)n(-c3ccccc3)[nH]2)c1[N+](=O)[O-]. The molecule has 1 heterocycles. The molecule has 116 valence electrons. The molecule has 7 heteroatoms. The molecular weight excluding hydrogens is 298 g/mol. The highest BCUT2D eigenvalue weighted by Gasteiger charge is 2.23. The minimum atomic E-state index is -0.521. The number of nitro benzene ring substituents is 1. The van der Waals surface area contributed by atoms with Crippen LogP contribution in [0, 0.1) is 10.1 Å². The van der Waals surface area contributed by atoms with E-state index in [1.54, 1.807) is 36.4 Å². The van der Waals surface area contributed by atoms with Gasteiger partial charge in [-0.2, -0.15) is 0 Å². The molecule has 0 saturated carbocycles. The van der Waals surface area contributed by atoms with Crippen LogP contribution in [-0.4, -0.2) is 21.8 Å². The lowest BCUT2D eigenvalue weighted by Gasteiger charge is -2.06. The Morgan fingerprint density at radius 1 is 1.13 bits per heavy atom. The molecule has 1 N–H and O–H groups in total. The van der Waals surface area contributed by atoms with Gasteiger partial charge in [0, 0.05) is 6.07 Å². The summed E-state index contributed by atoms with van der Waals surface area (Å²) in [6.45, 7) is 0. The van der Waals surface area contributed by atoms with Gasteiger partial charge in [0.2, 0.25) is 0 Å². The Hall–Kier alpha value is -3.35. The van der Waals surface area contributed by atoms with Crippen molar-refractivity contribution in [3.05, 3.63) is 75.1 Å². The van der Waals surface area contributed by atoms with Gasteiger partial charge in [0.05, 0.1) is 29.0 Å². The molecule has 0 aliphatic carbocycles. The van der Waals surface area contributed by atoms with Crippen LogP contribution >= 0.6 is 0 Å². The van der Waals surface area contributed by atoms with Gasteiger partial charge >= 0.3 is 5.69 Å². The van der Waals surface area contributed by atoms with E-state index in [9.17, 15) is 14.9 Å². The minimum Gasteiger partial charge on any atom is -0.490 e. The molecule has 7 nitrogen and oxygen atoms in total. The van der Waals surface area contributed by atoms with E-state index < -0.39 is 4.92 Å². The maximum Gasteiger partial charge on any atom is 0.320 e. The summed E-state index contributed by atoms with van der Waals surface area (Å²) in [6.07, 6.45) is 0. The summed E-state index contributed by atoms with van der Waals surface area (Å²) in [5.41, 5.74) is 0.805. The molecule has 0 aliphatic rings. The number of methoxy groups -OCH3 is 1. The summed E-state index contributed by atoms with van der Waals surface area (Å²) in [5.74, 6) is 0.140. The number of aromatic amines is 1. The average molecular weight is 311 g/mol. The van der Waals surface area contributed by atoms with Gasteiger partial charge in [-0.25, -0.2) is 4.68 Å². The summed E-state index contributed by atoms with van der Waals surface area (Å²) in [5, 5.41) is 14.3. The molecule has 3 rings (SSSR count). The highest BCUT2D eigenvalue weighted by Crippen LogP contribution is 2.36. The fourth-order valence-corrected chi connectivity index (χ4v) is 2.40. The molecule has 0 radical (unpaired) electrons. The fraction of sp³-hybridized carbons (Fsp3) is 0.0625. The van der Waals surface area contributed by atoms with E-state index in [4.69, 9.17) is 4.74 Å². The zero-order chi connectivity index (χ0) is 16.4. The lowest BCUT2D eigenvalue weighted by atomic mass is 10.1. The minimum absolute atomic E-state index is 0.140. The zero-order valence-corrected chi connectivity index (χ0v) is 12.2. The maximum absolute atomic E-state index is 12.2. The van der Waals surface area contributed by atoms with E-state index in [-0.39, 0.29) is 17.0 Å². The highest BCUT2D eigenvalue weighted by molar-refractivity contribution is 5.75. The Kier molecular flexibility index (Phi) is 3.68. The number of nitrogens with one attached hydrogen (secondary N) is 1. The first-order valence-corrected chi connectivity index (χ1v) is 6.81. The molecule has 0 fully saturated rings. The molecule has 0 saturated heterocycles. The molecule has 23 heavy (non-hydrogen) atoms. The average Bonchev–Trinajstić information content (AvgIpc) is 2.96. The van der Waals surface area contributed by atoms with E-state index >= 15 is 0 Å². The van der Waals surface area contributed by atoms with Crippen LogP contribution in [0.3, 0.4) is 0 Å². The Morgan fingerprint density at radius 2 is 1.87 bits per heavy atom. The Balaban J connectivity index is 2.18. The van der Waals surface area contributed by atoms with Crippen LogP contribution in [0.25, 0.3) is 16.9 Å². The summed E-state index contributed by atoms with van der Waals surface area (Å²) < 4.78 is 6.38. The van der Waals surface area contributed by atoms with Gasteiger partial charge in [0.1, 0.15) is 0 Å². The molecule has 0 bridgehead atoms. The van der Waals surface area contributed by atoms with Crippen LogP contribution in [0.4, 0.5) is 5.69 Å². The number of aromatic nitrogens is 2. The third kappa shape index (κ3) is 2.59. The van der Waals surface area contributed by atoms with Gasteiger partial charge in [0.25, 0.3) is 5.56 Å². The summed E-state index contributed by atoms with van der Waals surface area (Å²) in [7, 11) is 1.37. The fourth-order valence-electron chi connectivity index (χ4n) is 2.40. The number of ether oxygens (including phenoxy) is 1. The third-order valence-electron chi connectivity index (χ3n) is 3.43. The summed E-state index contributed by atoms with van der Waals surface area (Å²) in [6, 6.07) is 15.0. The molecule has 2 aromatic carbocycles. The first-order chi connectivity index (χ1) is 11.1. The number of benzene rings is 2. The van der Waals surface area contributed by atoms with Gasteiger partial charge in [0.15, 0.2) is 5.75 Å². The molecule has 0 spiro atoms. The van der Waals surface area contributed by atoms with E-state index in [0.29, 0.717) is 16.9 Å². The van der Waals surface area contributed by atoms with Crippen molar-refractivity contribution in [2.45, 2.75) is 0 Å². The molecule has 0 aliphatic heterocycles. The summed E-state index contributed by atoms with van der Waals surface area (Å²) in [4.78, 5) is 23.0. The third-order valence-corrected chi connectivity index (χ3v) is 3.43. The van der Waals surface area contributed by atoms with Crippen molar-refractivity contribution in [3.63, 3.8) is 0 Å². The maximum atomic E-state index is 12.2. The number of para-hydroxylation sites is 2. The van der Waals surface area contributed by atoms with Crippen LogP contribution in [-0.2, 0) is 0 Å². The van der Waals surface area contributed by atoms with E-state index in [0.717, 1.165) is 0 Å². The second-order valence-corrected chi connectivity index (χ2v) is 4.79. The second kappa shape index (κ2) is 5.80. The standard InChI is InChI=1S/C16H13N3O4/c1-23-14-9-5-8-12(16(14)19(21)22)13-10-15(20)18(17-13)11-6-3-2-4-7-11/h2-10,17H,1H3. The van der Waals surface area contributed by atoms with Crippen molar-refractivity contribution < 1.29 is 9.66 Å². The number of rotatable bonds is 4. The summed E-state index contributed by atoms with van der Waals surface area (Å²) >= 11 is 0. The van der Waals surface area contributed by atoms with Gasteiger partial charge in [-0.3, -0.25) is 20.0 Å². The number of hydrogen-bond donors (Lipinski definition) is 1. The van der Waals surface area contributed by atoms with Crippen LogP contribution in [0.5, 0.6) is 5.75 Å². The normalized spacial score (nSPS) is 10.5. The highest BCUT2D eigenvalue weighted by atomic mass is 16.6. The Labute approximate surface area is 130 Å². The zero-order valence-electron chi connectivity index (χ0n) is 12.2. The molecule has 0 unspecified atom stereocenters. The van der Waals surface area contributed by atoms with Gasteiger partial charge in [-0.1, -0.05) is 24.3 Å². The van der Waals surface area contributed by atoms with Crippen molar-refractivity contribution >= 4 is 5.69 Å². The van der Waals surface area contributed by atoms with Crippen LogP contribution < -0.4 is 10.3 Å². The predicted molar refractivity (Wildman–Crippen MR) is 85.0 cm³/mol. The van der Waals surface area contributed by atoms with Gasteiger partial charge < -0.3 is 4.74 Å². The monoisotopic (exact) mass is 311 g/mol. The number of hydrogen-bond acceptors (Lipinski definition) is 4. The van der Waals surface area contributed by atoms with E-state index in [1.165, 1.54) is 23.9 Å². The molecule has 3 aromatic rings. The predicted octanol–water partition coefficient (Wildman–Crippen LogP) is 2.75. The van der Waals surface area contributed by atoms with Crippen LogP contribution in [0.2, 0.25) is 0 Å². The topological polar surface area (TPSA) is 90.2 Å². The van der Waals surface area contributed by atoms with Crippen molar-refractivity contribution in [1.29, 1.82) is 0 Å². The number of nitro groups is 1. The Morgan fingerprint density at radius 3 is 2.52 bits per heavy atom. The molecule has 1 aromatic heterocycles. The number of H-pyrrole nitrogens is 1. The smallest absolute Gasteiger partial charge is 0.320 e. The Bertz CT molecular complexity index is 913. The van der Waals surface area contributed by atoms with E-state index in [1.807, 2.05) is 6.07 Å². The van der Waals surface area contributed by atoms with Crippen LogP contribution in [0.15, 0.2) is 59.4 Å². The second-order valence-electron chi connectivity index (χ2n) is 4.79. The lowest BCUT2D eigenvalue weighted by Crippen LogP contribution is -2.12. The lowest BCUT2D eigenvalue weighted by molar-refractivity contribution is -0.385. The first-order valence-electron chi connectivity index (χ1n) is 6.81. The number of nitrogens with zero attached hydrogens (tertiary/aromatic N) is 2. The molecule has 0 amide bonds. The van der Waals surface area contributed by atoms with Crippen LogP contribution in [0.1, 0.15) is 0 Å². The first kappa shape index (κ1) is 14.6. The molecule has 0 atom stereocenters.